The van der Waals surface area contributed by atoms with Crippen LogP contribution in [0.15, 0.2) is 77.4 Å². The molecule has 0 saturated heterocycles. The van der Waals surface area contributed by atoms with Crippen LogP contribution in [-0.2, 0) is 10.0 Å². The summed E-state index contributed by atoms with van der Waals surface area (Å²) < 4.78 is 58.4. The number of hydrogen-bond donors (Lipinski definition) is 2. The summed E-state index contributed by atoms with van der Waals surface area (Å²) in [5.74, 6) is -2.56. The number of hydrogen-bond acceptors (Lipinski definition) is 5. The summed E-state index contributed by atoms with van der Waals surface area (Å²) in [4.78, 5) is 16.8. The summed E-state index contributed by atoms with van der Waals surface area (Å²) in [6.45, 7) is 1.53. The molecule has 0 spiro atoms. The summed E-state index contributed by atoms with van der Waals surface area (Å²) in [7, 11) is -3.87. The molecular weight excluding hydrogens is 476 g/mol. The van der Waals surface area contributed by atoms with Gasteiger partial charge in [-0.25, -0.2) is 22.2 Å². The van der Waals surface area contributed by atoms with Crippen LogP contribution in [0.2, 0.25) is 0 Å². The van der Waals surface area contributed by atoms with Gasteiger partial charge in [0.15, 0.2) is 17.3 Å². The number of amides is 1. The zero-order valence-electron chi connectivity index (χ0n) is 18.7. The van der Waals surface area contributed by atoms with Crippen LogP contribution in [0.3, 0.4) is 0 Å². The largest absolute Gasteiger partial charge is 0.444 e. The average molecular weight is 498 g/mol. The summed E-state index contributed by atoms with van der Waals surface area (Å²) in [6.07, 6.45) is 1.98. The number of sulfonamides is 1. The van der Waals surface area contributed by atoms with E-state index in [4.69, 9.17) is 4.42 Å². The van der Waals surface area contributed by atoms with Gasteiger partial charge in [0.1, 0.15) is 12.0 Å². The van der Waals surface area contributed by atoms with Crippen LogP contribution in [-0.4, -0.2) is 25.6 Å². The van der Waals surface area contributed by atoms with Crippen molar-refractivity contribution in [1.82, 2.24) is 10.3 Å². The fourth-order valence-electron chi connectivity index (χ4n) is 3.43. The molecule has 0 aliphatic carbocycles. The Morgan fingerprint density at radius 3 is 2.11 bits per heavy atom. The first-order valence-electron chi connectivity index (χ1n) is 10.5. The normalized spacial score (nSPS) is 12.2. The smallest absolute Gasteiger partial charge is 0.273 e. The second-order valence-electron chi connectivity index (χ2n) is 7.91. The van der Waals surface area contributed by atoms with Crippen molar-refractivity contribution in [3.63, 3.8) is 0 Å². The first kappa shape index (κ1) is 24.1. The number of halogens is 2. The topological polar surface area (TPSA) is 101 Å². The summed E-state index contributed by atoms with van der Waals surface area (Å²) in [5, 5.41) is 2.60. The molecule has 3 aromatic carbocycles. The standard InChI is InChI=1S/C25H21F2N3O4S/c1-15(19-12-20(26)23(21(27)13-19)30-35(2,32)33)28-24(31)22-14-34-25(29-22)18-10-8-17(9-11-18)16-6-4-3-5-7-16/h3-15,30H,1-2H3,(H,28,31). The van der Waals surface area contributed by atoms with Crippen LogP contribution >= 0.6 is 0 Å². The molecule has 2 N–H and O–H groups in total. The van der Waals surface area contributed by atoms with Gasteiger partial charge in [-0.15, -0.1) is 0 Å². The summed E-state index contributed by atoms with van der Waals surface area (Å²) >= 11 is 0. The van der Waals surface area contributed by atoms with Crippen LogP contribution in [0, 0.1) is 11.6 Å². The van der Waals surface area contributed by atoms with E-state index in [1.54, 1.807) is 4.72 Å². The lowest BCUT2D eigenvalue weighted by Crippen LogP contribution is -2.27. The molecule has 4 rings (SSSR count). The third-order valence-corrected chi connectivity index (χ3v) is 5.75. The molecule has 1 atom stereocenters. The molecule has 4 aromatic rings. The quantitative estimate of drug-likeness (QED) is 0.368. The third kappa shape index (κ3) is 5.72. The van der Waals surface area contributed by atoms with E-state index in [9.17, 15) is 22.0 Å². The molecule has 1 unspecified atom stereocenters. The minimum Gasteiger partial charge on any atom is -0.444 e. The Hall–Kier alpha value is -4.05. The molecule has 35 heavy (non-hydrogen) atoms. The van der Waals surface area contributed by atoms with Crippen molar-refractivity contribution in [2.45, 2.75) is 13.0 Å². The summed E-state index contributed by atoms with van der Waals surface area (Å²) in [5.41, 5.74) is 2.07. The van der Waals surface area contributed by atoms with E-state index >= 15 is 0 Å². The van der Waals surface area contributed by atoms with E-state index in [2.05, 4.69) is 10.3 Å². The summed E-state index contributed by atoms with van der Waals surface area (Å²) in [6, 6.07) is 18.4. The van der Waals surface area contributed by atoms with Crippen LogP contribution in [0.1, 0.15) is 29.0 Å². The van der Waals surface area contributed by atoms with E-state index in [0.717, 1.165) is 29.5 Å². The van der Waals surface area contributed by atoms with E-state index in [-0.39, 0.29) is 17.1 Å². The second-order valence-corrected chi connectivity index (χ2v) is 9.66. The first-order chi connectivity index (χ1) is 16.6. The number of anilines is 1. The van der Waals surface area contributed by atoms with Crippen LogP contribution in [0.4, 0.5) is 14.5 Å². The fourth-order valence-corrected chi connectivity index (χ4v) is 3.99. The monoisotopic (exact) mass is 497 g/mol. The Balaban J connectivity index is 1.46. The van der Waals surface area contributed by atoms with E-state index in [1.165, 1.54) is 13.2 Å². The van der Waals surface area contributed by atoms with Crippen LogP contribution in [0.5, 0.6) is 0 Å². The predicted octanol–water partition coefficient (Wildman–Crippen LogP) is 5.15. The number of carbonyl (C=O) groups is 1. The highest BCUT2D eigenvalue weighted by atomic mass is 32.2. The van der Waals surface area contributed by atoms with Gasteiger partial charge in [0.2, 0.25) is 15.9 Å². The molecule has 0 aliphatic rings. The molecule has 1 amide bonds. The van der Waals surface area contributed by atoms with Gasteiger partial charge in [0.05, 0.1) is 12.3 Å². The molecule has 1 aromatic heterocycles. The Morgan fingerprint density at radius 1 is 0.943 bits per heavy atom. The lowest BCUT2D eigenvalue weighted by molar-refractivity contribution is 0.0934. The number of nitrogens with one attached hydrogen (secondary N) is 2. The molecule has 0 radical (unpaired) electrons. The number of aromatic nitrogens is 1. The van der Waals surface area contributed by atoms with Crippen molar-refractivity contribution < 1.29 is 26.4 Å². The lowest BCUT2D eigenvalue weighted by Gasteiger charge is -2.15. The zero-order chi connectivity index (χ0) is 25.2. The van der Waals surface area contributed by atoms with E-state index < -0.39 is 39.3 Å². The highest BCUT2D eigenvalue weighted by Gasteiger charge is 2.20. The minimum atomic E-state index is -3.87. The van der Waals surface area contributed by atoms with Gasteiger partial charge >= 0.3 is 0 Å². The molecular formula is C25H21F2N3O4S. The van der Waals surface area contributed by atoms with E-state index in [1.807, 2.05) is 54.6 Å². The predicted molar refractivity (Wildman–Crippen MR) is 128 cm³/mol. The van der Waals surface area contributed by atoms with Crippen molar-refractivity contribution in [2.75, 3.05) is 11.0 Å². The van der Waals surface area contributed by atoms with Gasteiger partial charge in [-0.2, -0.15) is 0 Å². The van der Waals surface area contributed by atoms with E-state index in [0.29, 0.717) is 5.56 Å². The maximum absolute atomic E-state index is 14.3. The molecule has 0 bridgehead atoms. The molecule has 0 saturated carbocycles. The number of nitrogens with zero attached hydrogens (tertiary/aromatic N) is 1. The average Bonchev–Trinajstić information content (AvgIpc) is 3.32. The van der Waals surface area contributed by atoms with Crippen molar-refractivity contribution in [3.05, 3.63) is 95.9 Å². The lowest BCUT2D eigenvalue weighted by atomic mass is 10.0. The molecule has 7 nitrogen and oxygen atoms in total. The second kappa shape index (κ2) is 9.67. The highest BCUT2D eigenvalue weighted by Crippen LogP contribution is 2.26. The Kier molecular flexibility index (Phi) is 6.65. The molecule has 0 fully saturated rings. The molecule has 0 aliphatic heterocycles. The Labute approximate surface area is 200 Å². The van der Waals surface area contributed by atoms with Gasteiger partial charge in [0, 0.05) is 5.56 Å². The number of benzene rings is 3. The SMILES string of the molecule is CC(NC(=O)c1coc(-c2ccc(-c3ccccc3)cc2)n1)c1cc(F)c(NS(C)(=O)=O)c(F)c1. The number of rotatable bonds is 7. The van der Waals surface area contributed by atoms with Crippen LogP contribution < -0.4 is 10.0 Å². The van der Waals surface area contributed by atoms with Gasteiger partial charge in [0.25, 0.3) is 5.91 Å². The van der Waals surface area contributed by atoms with Crippen molar-refractivity contribution in [1.29, 1.82) is 0 Å². The van der Waals surface area contributed by atoms with Crippen LogP contribution in [0.25, 0.3) is 22.6 Å². The molecule has 1 heterocycles. The maximum Gasteiger partial charge on any atom is 0.273 e. The van der Waals surface area contributed by atoms with Gasteiger partial charge in [-0.05, 0) is 47.9 Å². The van der Waals surface area contributed by atoms with Crippen molar-refractivity contribution >= 4 is 21.6 Å². The van der Waals surface area contributed by atoms with Gasteiger partial charge in [-0.1, -0.05) is 42.5 Å². The molecule has 10 heteroatoms. The third-order valence-electron chi connectivity index (χ3n) is 5.18. The first-order valence-corrected chi connectivity index (χ1v) is 12.4. The Morgan fingerprint density at radius 2 is 1.51 bits per heavy atom. The number of carbonyl (C=O) groups excluding carboxylic acids is 1. The van der Waals surface area contributed by atoms with Gasteiger partial charge < -0.3 is 9.73 Å². The maximum atomic E-state index is 14.3. The van der Waals surface area contributed by atoms with Gasteiger partial charge in [-0.3, -0.25) is 9.52 Å². The zero-order valence-corrected chi connectivity index (χ0v) is 19.6. The fraction of sp³-hybridized carbons (Fsp3) is 0.120. The minimum absolute atomic E-state index is 0.00436. The Bertz CT molecular complexity index is 1450. The van der Waals surface area contributed by atoms with Crippen molar-refractivity contribution in [3.8, 4) is 22.6 Å². The number of oxazole rings is 1. The highest BCUT2D eigenvalue weighted by molar-refractivity contribution is 7.92. The molecule has 180 valence electrons. The van der Waals surface area contributed by atoms with Crippen molar-refractivity contribution in [2.24, 2.45) is 0 Å².